The minimum atomic E-state index is -3.49. The van der Waals surface area contributed by atoms with Gasteiger partial charge < -0.3 is 5.73 Å². The van der Waals surface area contributed by atoms with E-state index in [1.54, 1.807) is 0 Å². The van der Waals surface area contributed by atoms with Gasteiger partial charge >= 0.3 is 0 Å². The summed E-state index contributed by atoms with van der Waals surface area (Å²) in [6.45, 7) is 2.26. The molecule has 0 aliphatic heterocycles. The van der Waals surface area contributed by atoms with Crippen molar-refractivity contribution >= 4 is 26.5 Å². The molecule has 1 aromatic heterocycles. The van der Waals surface area contributed by atoms with Crippen LogP contribution < -0.4 is 10.5 Å². The maximum absolute atomic E-state index is 11.3. The molecule has 3 N–H and O–H groups in total. The summed E-state index contributed by atoms with van der Waals surface area (Å²) in [5.41, 5.74) is 5.26. The van der Waals surface area contributed by atoms with Crippen molar-refractivity contribution in [3.63, 3.8) is 0 Å². The predicted octanol–water partition coefficient (Wildman–Crippen LogP) is -0.191. The second-order valence-electron chi connectivity index (χ2n) is 2.30. The van der Waals surface area contributed by atoms with Crippen LogP contribution in [0.1, 0.15) is 13.3 Å². The van der Waals surface area contributed by atoms with Gasteiger partial charge in [0, 0.05) is 6.54 Å². The standard InChI is InChI=1S/C5H10N4O2S2/c1-2-3-7-13(10,11)5-9-8-4(6)12-5/h7H,2-3H2,1H3,(H2,6,8). The zero-order chi connectivity index (χ0) is 9.90. The number of anilines is 1. The van der Waals surface area contributed by atoms with Crippen LogP contribution in [0.5, 0.6) is 0 Å². The summed E-state index contributed by atoms with van der Waals surface area (Å²) in [5.74, 6) is 0. The highest BCUT2D eigenvalue weighted by atomic mass is 32.2. The van der Waals surface area contributed by atoms with Crippen LogP contribution in [-0.4, -0.2) is 25.2 Å². The van der Waals surface area contributed by atoms with Crippen molar-refractivity contribution in [2.24, 2.45) is 0 Å². The lowest BCUT2D eigenvalue weighted by atomic mass is 10.5. The Bertz CT molecular complexity index is 372. The number of nitrogens with zero attached hydrogens (tertiary/aromatic N) is 2. The Kier molecular flexibility index (Phi) is 3.17. The number of hydrogen-bond donors (Lipinski definition) is 2. The van der Waals surface area contributed by atoms with Crippen molar-refractivity contribution in [3.05, 3.63) is 0 Å². The van der Waals surface area contributed by atoms with E-state index in [4.69, 9.17) is 5.73 Å². The molecular formula is C5H10N4O2S2. The van der Waals surface area contributed by atoms with E-state index in [1.807, 2.05) is 6.92 Å². The third-order valence-corrected chi connectivity index (χ3v) is 3.77. The number of sulfonamides is 1. The molecule has 0 atom stereocenters. The molecule has 0 spiro atoms. The van der Waals surface area contributed by atoms with E-state index in [0.717, 1.165) is 17.8 Å². The smallest absolute Gasteiger partial charge is 0.269 e. The SMILES string of the molecule is CCCNS(=O)(=O)c1nnc(N)s1. The summed E-state index contributed by atoms with van der Waals surface area (Å²) >= 11 is 0.850. The summed E-state index contributed by atoms with van der Waals surface area (Å²) in [5, 5.41) is 7.00. The molecule has 1 aromatic rings. The van der Waals surface area contributed by atoms with Crippen LogP contribution in [0.3, 0.4) is 0 Å². The number of nitrogens with one attached hydrogen (secondary N) is 1. The number of nitrogen functional groups attached to an aromatic ring is 1. The van der Waals surface area contributed by atoms with Crippen molar-refractivity contribution in [2.75, 3.05) is 12.3 Å². The normalized spacial score (nSPS) is 11.8. The molecule has 0 saturated carbocycles. The molecule has 0 fully saturated rings. The maximum Gasteiger partial charge on any atom is 0.269 e. The highest BCUT2D eigenvalue weighted by Gasteiger charge is 2.18. The first-order chi connectivity index (χ1) is 6.06. The molecule has 0 unspecified atom stereocenters. The Morgan fingerprint density at radius 3 is 2.69 bits per heavy atom. The molecule has 0 aliphatic carbocycles. The number of rotatable bonds is 4. The van der Waals surface area contributed by atoms with Gasteiger partial charge in [0.25, 0.3) is 10.0 Å². The summed E-state index contributed by atoms with van der Waals surface area (Å²) in [6, 6.07) is 0. The zero-order valence-electron chi connectivity index (χ0n) is 7.02. The van der Waals surface area contributed by atoms with Crippen LogP contribution in [0.4, 0.5) is 5.13 Å². The van der Waals surface area contributed by atoms with Gasteiger partial charge in [-0.3, -0.25) is 0 Å². The van der Waals surface area contributed by atoms with E-state index in [-0.39, 0.29) is 9.47 Å². The molecule has 6 nitrogen and oxygen atoms in total. The Labute approximate surface area is 80.2 Å². The van der Waals surface area contributed by atoms with Crippen molar-refractivity contribution in [1.29, 1.82) is 0 Å². The first-order valence-corrected chi connectivity index (χ1v) is 5.95. The second kappa shape index (κ2) is 3.99. The average Bonchev–Trinajstić information content (AvgIpc) is 2.49. The van der Waals surface area contributed by atoms with E-state index in [1.165, 1.54) is 0 Å². The monoisotopic (exact) mass is 222 g/mol. The Balaban J connectivity index is 2.82. The van der Waals surface area contributed by atoms with Gasteiger partial charge in [0.15, 0.2) is 0 Å². The topological polar surface area (TPSA) is 98.0 Å². The summed E-state index contributed by atoms with van der Waals surface area (Å²) < 4.78 is 25.0. The third kappa shape index (κ3) is 2.61. The molecule has 8 heteroatoms. The first kappa shape index (κ1) is 10.4. The fraction of sp³-hybridized carbons (Fsp3) is 0.600. The van der Waals surface area contributed by atoms with Crippen LogP contribution in [0.2, 0.25) is 0 Å². The number of nitrogens with two attached hydrogens (primary N) is 1. The minimum absolute atomic E-state index is 0.0848. The van der Waals surface area contributed by atoms with Crippen LogP contribution in [0, 0.1) is 0 Å². The molecule has 1 rings (SSSR count). The molecule has 0 bridgehead atoms. The second-order valence-corrected chi connectivity index (χ2v) is 5.25. The largest absolute Gasteiger partial charge is 0.374 e. The van der Waals surface area contributed by atoms with Gasteiger partial charge in [0.2, 0.25) is 9.47 Å². The van der Waals surface area contributed by atoms with E-state index >= 15 is 0 Å². The van der Waals surface area contributed by atoms with Crippen LogP contribution in [-0.2, 0) is 10.0 Å². The molecule has 0 radical (unpaired) electrons. The molecule has 74 valence electrons. The van der Waals surface area contributed by atoms with E-state index in [9.17, 15) is 8.42 Å². The van der Waals surface area contributed by atoms with Gasteiger partial charge in [-0.1, -0.05) is 18.3 Å². The van der Waals surface area contributed by atoms with Gasteiger partial charge in [-0.2, -0.15) is 0 Å². The van der Waals surface area contributed by atoms with Crippen molar-refractivity contribution < 1.29 is 8.42 Å². The maximum atomic E-state index is 11.3. The molecule has 0 aromatic carbocycles. The third-order valence-electron chi connectivity index (χ3n) is 1.19. The van der Waals surface area contributed by atoms with Gasteiger partial charge in [0.05, 0.1) is 0 Å². The first-order valence-electron chi connectivity index (χ1n) is 3.65. The fourth-order valence-corrected chi connectivity index (χ4v) is 2.59. The lowest BCUT2D eigenvalue weighted by Gasteiger charge is -1.99. The lowest BCUT2D eigenvalue weighted by Crippen LogP contribution is -2.24. The van der Waals surface area contributed by atoms with Crippen molar-refractivity contribution in [3.8, 4) is 0 Å². The molecule has 13 heavy (non-hydrogen) atoms. The number of aromatic nitrogens is 2. The Hall–Kier alpha value is -0.730. The summed E-state index contributed by atoms with van der Waals surface area (Å²) in [7, 11) is -3.49. The Morgan fingerprint density at radius 2 is 2.23 bits per heavy atom. The highest BCUT2D eigenvalue weighted by Crippen LogP contribution is 2.15. The van der Waals surface area contributed by atoms with E-state index in [2.05, 4.69) is 14.9 Å². The average molecular weight is 222 g/mol. The van der Waals surface area contributed by atoms with Crippen molar-refractivity contribution in [2.45, 2.75) is 17.7 Å². The highest BCUT2D eigenvalue weighted by molar-refractivity contribution is 7.91. The van der Waals surface area contributed by atoms with Gasteiger partial charge in [-0.05, 0) is 6.42 Å². The molecule has 0 amide bonds. The summed E-state index contributed by atoms with van der Waals surface area (Å²) in [6.07, 6.45) is 0.730. The minimum Gasteiger partial charge on any atom is -0.374 e. The fourth-order valence-electron chi connectivity index (χ4n) is 0.627. The van der Waals surface area contributed by atoms with E-state index < -0.39 is 10.0 Å². The number of hydrogen-bond acceptors (Lipinski definition) is 6. The van der Waals surface area contributed by atoms with Crippen LogP contribution in [0.25, 0.3) is 0 Å². The lowest BCUT2D eigenvalue weighted by molar-refractivity contribution is 0.579. The quantitative estimate of drug-likeness (QED) is 0.735. The van der Waals surface area contributed by atoms with Crippen molar-refractivity contribution in [1.82, 2.24) is 14.9 Å². The van der Waals surface area contributed by atoms with E-state index in [0.29, 0.717) is 6.54 Å². The van der Waals surface area contributed by atoms with Crippen LogP contribution >= 0.6 is 11.3 Å². The Morgan fingerprint density at radius 1 is 1.54 bits per heavy atom. The molecule has 0 saturated heterocycles. The van der Waals surface area contributed by atoms with Gasteiger partial charge in [-0.15, -0.1) is 10.2 Å². The molecule has 0 aliphatic rings. The van der Waals surface area contributed by atoms with Gasteiger partial charge in [0.1, 0.15) is 0 Å². The zero-order valence-corrected chi connectivity index (χ0v) is 8.65. The predicted molar refractivity (Wildman–Crippen MR) is 49.8 cm³/mol. The molecule has 1 heterocycles. The van der Waals surface area contributed by atoms with Gasteiger partial charge in [-0.25, -0.2) is 13.1 Å². The molecular weight excluding hydrogens is 212 g/mol. The van der Waals surface area contributed by atoms with Crippen LogP contribution in [0.15, 0.2) is 4.34 Å². The summed E-state index contributed by atoms with van der Waals surface area (Å²) in [4.78, 5) is 0.